The van der Waals surface area contributed by atoms with E-state index >= 15 is 0 Å². The van der Waals surface area contributed by atoms with Gasteiger partial charge in [-0.1, -0.05) is 11.6 Å². The predicted molar refractivity (Wildman–Crippen MR) is 89.8 cm³/mol. The fraction of sp³-hybridized carbons (Fsp3) is 0.500. The molecule has 1 heterocycles. The van der Waals surface area contributed by atoms with Crippen molar-refractivity contribution >= 4 is 41.5 Å². The van der Waals surface area contributed by atoms with Crippen LogP contribution in [0.15, 0.2) is 23.3 Å². The highest BCUT2D eigenvalue weighted by atomic mass is 127. The number of aliphatic imine (C=N–C) groups is 1. The van der Waals surface area contributed by atoms with E-state index in [9.17, 15) is 0 Å². The average molecular weight is 399 g/mol. The van der Waals surface area contributed by atoms with E-state index in [1.165, 1.54) is 0 Å². The van der Waals surface area contributed by atoms with Crippen molar-refractivity contribution in [2.45, 2.75) is 13.8 Å². The Hall–Kier alpha value is -0.760. The third-order valence-electron chi connectivity index (χ3n) is 2.00. The number of ether oxygens (including phenoxy) is 1. The topological polar surface area (TPSA) is 58.5 Å². The van der Waals surface area contributed by atoms with Gasteiger partial charge in [-0.2, -0.15) is 0 Å². The number of guanidine groups is 1. The summed E-state index contributed by atoms with van der Waals surface area (Å²) in [5.74, 6) is 1.36. The van der Waals surface area contributed by atoms with Crippen molar-refractivity contribution in [1.82, 2.24) is 15.6 Å². The van der Waals surface area contributed by atoms with Gasteiger partial charge in [-0.15, -0.1) is 24.0 Å². The van der Waals surface area contributed by atoms with Crippen molar-refractivity contribution < 1.29 is 4.74 Å². The van der Waals surface area contributed by atoms with Gasteiger partial charge < -0.3 is 15.4 Å². The van der Waals surface area contributed by atoms with Crippen LogP contribution in [0, 0.1) is 0 Å². The lowest BCUT2D eigenvalue weighted by Gasteiger charge is -2.09. The number of aromatic nitrogens is 1. The quantitative estimate of drug-likeness (QED) is 0.334. The standard InChI is InChI=1S/C12H19ClN4O.HI/c1-3-14-12(15-4-2)16-7-8-18-11-6-5-10(13)9-17-11;/h5-6,9H,3-4,7-8H2,1-2H3,(H2,14,15,16);1H. The molecule has 0 bridgehead atoms. The van der Waals surface area contributed by atoms with Crippen LogP contribution in [0.5, 0.6) is 5.88 Å². The molecule has 0 fully saturated rings. The van der Waals surface area contributed by atoms with Crippen molar-refractivity contribution in [1.29, 1.82) is 0 Å². The van der Waals surface area contributed by atoms with Crippen LogP contribution in [0.2, 0.25) is 5.02 Å². The molecule has 0 aliphatic rings. The monoisotopic (exact) mass is 398 g/mol. The summed E-state index contributed by atoms with van der Waals surface area (Å²) < 4.78 is 5.44. The van der Waals surface area contributed by atoms with Gasteiger partial charge in [0.2, 0.25) is 5.88 Å². The molecule has 0 aliphatic heterocycles. The smallest absolute Gasteiger partial charge is 0.213 e. The minimum absolute atomic E-state index is 0. The number of pyridine rings is 1. The van der Waals surface area contributed by atoms with Crippen LogP contribution < -0.4 is 15.4 Å². The summed E-state index contributed by atoms with van der Waals surface area (Å²) in [6.45, 7) is 6.79. The molecule has 0 unspecified atom stereocenters. The van der Waals surface area contributed by atoms with Crippen molar-refractivity contribution in [3.8, 4) is 5.88 Å². The highest BCUT2D eigenvalue weighted by molar-refractivity contribution is 14.0. The first-order chi connectivity index (χ1) is 8.76. The Morgan fingerprint density at radius 1 is 1.32 bits per heavy atom. The first kappa shape index (κ1) is 18.2. The fourth-order valence-corrected chi connectivity index (χ4v) is 1.38. The number of hydrogen-bond acceptors (Lipinski definition) is 3. The Balaban J connectivity index is 0.00000324. The lowest BCUT2D eigenvalue weighted by Crippen LogP contribution is -2.37. The van der Waals surface area contributed by atoms with E-state index < -0.39 is 0 Å². The Morgan fingerprint density at radius 2 is 2.00 bits per heavy atom. The van der Waals surface area contributed by atoms with E-state index in [1.807, 2.05) is 13.8 Å². The minimum Gasteiger partial charge on any atom is -0.476 e. The van der Waals surface area contributed by atoms with Crippen LogP contribution in [0.25, 0.3) is 0 Å². The molecule has 0 aliphatic carbocycles. The number of rotatable bonds is 6. The minimum atomic E-state index is 0. The van der Waals surface area contributed by atoms with Gasteiger partial charge in [-0.05, 0) is 19.9 Å². The van der Waals surface area contributed by atoms with Crippen LogP contribution in [-0.2, 0) is 0 Å². The zero-order valence-electron chi connectivity index (χ0n) is 11.1. The van der Waals surface area contributed by atoms with Gasteiger partial charge in [0.05, 0.1) is 11.6 Å². The van der Waals surface area contributed by atoms with E-state index in [1.54, 1.807) is 18.3 Å². The van der Waals surface area contributed by atoms with Gasteiger partial charge in [-0.3, -0.25) is 0 Å². The third kappa shape index (κ3) is 8.10. The highest BCUT2D eigenvalue weighted by Crippen LogP contribution is 2.10. The largest absolute Gasteiger partial charge is 0.476 e. The maximum Gasteiger partial charge on any atom is 0.213 e. The van der Waals surface area contributed by atoms with Crippen molar-refractivity contribution in [2.24, 2.45) is 4.99 Å². The summed E-state index contributed by atoms with van der Waals surface area (Å²) in [5, 5.41) is 6.88. The molecule has 2 N–H and O–H groups in total. The second kappa shape index (κ2) is 11.1. The van der Waals surface area contributed by atoms with E-state index in [-0.39, 0.29) is 24.0 Å². The van der Waals surface area contributed by atoms with Gasteiger partial charge >= 0.3 is 0 Å². The molecule has 1 rings (SSSR count). The van der Waals surface area contributed by atoms with E-state index in [0.717, 1.165) is 19.0 Å². The summed E-state index contributed by atoms with van der Waals surface area (Å²) in [6, 6.07) is 3.48. The average Bonchev–Trinajstić information content (AvgIpc) is 2.37. The summed E-state index contributed by atoms with van der Waals surface area (Å²) in [7, 11) is 0. The molecule has 0 spiro atoms. The molecule has 0 atom stereocenters. The molecule has 108 valence electrons. The Labute approximate surface area is 136 Å². The van der Waals surface area contributed by atoms with Crippen LogP contribution in [-0.4, -0.2) is 37.2 Å². The van der Waals surface area contributed by atoms with Crippen LogP contribution in [0.3, 0.4) is 0 Å². The number of hydrogen-bond donors (Lipinski definition) is 2. The Bertz CT molecular complexity index is 364. The summed E-state index contributed by atoms with van der Waals surface area (Å²) in [5.41, 5.74) is 0. The molecule has 19 heavy (non-hydrogen) atoms. The van der Waals surface area contributed by atoms with Gasteiger partial charge in [0, 0.05) is 25.4 Å². The van der Waals surface area contributed by atoms with Crippen molar-refractivity contribution in [3.05, 3.63) is 23.4 Å². The summed E-state index contributed by atoms with van der Waals surface area (Å²) >= 11 is 5.73. The Kier molecular flexibility index (Phi) is 10.7. The van der Waals surface area contributed by atoms with E-state index in [0.29, 0.717) is 24.1 Å². The van der Waals surface area contributed by atoms with Crippen LogP contribution in [0.4, 0.5) is 0 Å². The molecular formula is C12H20ClIN4O. The van der Waals surface area contributed by atoms with Crippen molar-refractivity contribution in [3.63, 3.8) is 0 Å². The van der Waals surface area contributed by atoms with E-state index in [2.05, 4.69) is 20.6 Å². The molecule has 1 aromatic rings. The normalized spacial score (nSPS) is 9.21. The zero-order chi connectivity index (χ0) is 13.2. The lowest BCUT2D eigenvalue weighted by molar-refractivity contribution is 0.316. The SMILES string of the molecule is CCNC(=NCCOc1ccc(Cl)cn1)NCC.I. The van der Waals surface area contributed by atoms with Gasteiger partial charge in [0.25, 0.3) is 0 Å². The Morgan fingerprint density at radius 3 is 2.53 bits per heavy atom. The van der Waals surface area contributed by atoms with Gasteiger partial charge in [0.15, 0.2) is 5.96 Å². The van der Waals surface area contributed by atoms with Gasteiger partial charge in [0.1, 0.15) is 6.61 Å². The molecule has 1 aromatic heterocycles. The molecule has 7 heteroatoms. The summed E-state index contributed by atoms with van der Waals surface area (Å²) in [4.78, 5) is 8.39. The van der Waals surface area contributed by atoms with Gasteiger partial charge in [-0.25, -0.2) is 9.98 Å². The zero-order valence-corrected chi connectivity index (χ0v) is 14.2. The highest BCUT2D eigenvalue weighted by Gasteiger charge is 1.96. The van der Waals surface area contributed by atoms with Crippen molar-refractivity contribution in [2.75, 3.05) is 26.2 Å². The second-order valence-electron chi connectivity index (χ2n) is 3.45. The first-order valence-electron chi connectivity index (χ1n) is 6.02. The number of halogens is 2. The maximum atomic E-state index is 5.73. The third-order valence-corrected chi connectivity index (χ3v) is 2.22. The maximum absolute atomic E-state index is 5.73. The second-order valence-corrected chi connectivity index (χ2v) is 3.89. The summed E-state index contributed by atoms with van der Waals surface area (Å²) in [6.07, 6.45) is 1.56. The fourth-order valence-electron chi connectivity index (χ4n) is 1.26. The molecule has 0 radical (unpaired) electrons. The molecule has 0 aromatic carbocycles. The molecule has 0 saturated carbocycles. The molecule has 5 nitrogen and oxygen atoms in total. The number of nitrogens with zero attached hydrogens (tertiary/aromatic N) is 2. The van der Waals surface area contributed by atoms with Crippen LogP contribution in [0.1, 0.15) is 13.8 Å². The lowest BCUT2D eigenvalue weighted by atomic mass is 10.5. The first-order valence-corrected chi connectivity index (χ1v) is 6.40. The molecule has 0 amide bonds. The number of nitrogens with one attached hydrogen (secondary N) is 2. The van der Waals surface area contributed by atoms with Crippen LogP contribution >= 0.6 is 35.6 Å². The molecular weight excluding hydrogens is 379 g/mol. The molecule has 0 saturated heterocycles. The van der Waals surface area contributed by atoms with E-state index in [4.69, 9.17) is 16.3 Å². The predicted octanol–water partition coefficient (Wildman–Crippen LogP) is 2.31.